The summed E-state index contributed by atoms with van der Waals surface area (Å²) in [4.78, 5) is 27.8. The Morgan fingerprint density at radius 1 is 1.44 bits per heavy atom. The number of hydrogen-bond donors (Lipinski definition) is 3. The van der Waals surface area contributed by atoms with Gasteiger partial charge in [0.1, 0.15) is 0 Å². The first-order valence-corrected chi connectivity index (χ1v) is 6.07. The fourth-order valence-corrected chi connectivity index (χ4v) is 1.49. The Hall–Kier alpha value is -1.79. The second kappa shape index (κ2) is 6.83. The number of imide groups is 1. The van der Waals surface area contributed by atoms with Gasteiger partial charge in [0.05, 0.1) is 6.54 Å². The molecule has 102 valence electrons. The Morgan fingerprint density at radius 2 is 2.17 bits per heavy atom. The summed E-state index contributed by atoms with van der Waals surface area (Å²) in [6.07, 6.45) is 0. The zero-order valence-electron chi connectivity index (χ0n) is 11.1. The van der Waals surface area contributed by atoms with Crippen LogP contribution in [0.5, 0.6) is 0 Å². The van der Waals surface area contributed by atoms with Crippen molar-refractivity contribution in [2.24, 2.45) is 10.9 Å². The Labute approximate surface area is 107 Å². The molecule has 1 rings (SSSR count). The van der Waals surface area contributed by atoms with Crippen LogP contribution in [-0.2, 0) is 4.79 Å². The predicted molar refractivity (Wildman–Crippen MR) is 69.3 cm³/mol. The number of carbonyl (C=O) groups excluding carboxylic acids is 2. The van der Waals surface area contributed by atoms with Crippen molar-refractivity contribution in [2.45, 2.75) is 13.8 Å². The highest BCUT2D eigenvalue weighted by Gasteiger charge is 2.27. The Bertz CT molecular complexity index is 324. The molecule has 0 atom stereocenters. The number of nitrogens with zero attached hydrogens (tertiary/aromatic N) is 2. The molecule has 18 heavy (non-hydrogen) atoms. The van der Waals surface area contributed by atoms with Crippen molar-refractivity contribution in [3.05, 3.63) is 0 Å². The standard InChI is InChI=1S/C11H21N5O2/c1-8(2)6-14-10(12-3)13-4-5-16-9(17)7-15-11(16)18/h8H,4-7H2,1-3H3,(H,15,18)(H2,12,13,14). The molecule has 7 heteroatoms. The van der Waals surface area contributed by atoms with E-state index in [1.165, 1.54) is 4.90 Å². The summed E-state index contributed by atoms with van der Waals surface area (Å²) in [6, 6.07) is -0.327. The quantitative estimate of drug-likeness (QED) is 0.346. The number of rotatable bonds is 5. The zero-order valence-corrected chi connectivity index (χ0v) is 11.1. The van der Waals surface area contributed by atoms with E-state index in [0.717, 1.165) is 6.54 Å². The van der Waals surface area contributed by atoms with Crippen molar-refractivity contribution in [3.8, 4) is 0 Å². The van der Waals surface area contributed by atoms with Crippen LogP contribution in [0.4, 0.5) is 4.79 Å². The third-order valence-electron chi connectivity index (χ3n) is 2.47. The maximum Gasteiger partial charge on any atom is 0.324 e. The summed E-state index contributed by atoms with van der Waals surface area (Å²) < 4.78 is 0. The van der Waals surface area contributed by atoms with Gasteiger partial charge in [-0.3, -0.25) is 14.7 Å². The minimum Gasteiger partial charge on any atom is -0.356 e. The van der Waals surface area contributed by atoms with Crippen LogP contribution in [-0.4, -0.2) is 56.0 Å². The fraction of sp³-hybridized carbons (Fsp3) is 0.727. The van der Waals surface area contributed by atoms with E-state index in [2.05, 4.69) is 34.8 Å². The molecule has 0 aromatic heterocycles. The van der Waals surface area contributed by atoms with Gasteiger partial charge in [0, 0.05) is 26.7 Å². The number of hydrogen-bond acceptors (Lipinski definition) is 3. The molecule has 1 aliphatic heterocycles. The highest BCUT2D eigenvalue weighted by Crippen LogP contribution is 1.96. The molecule has 0 radical (unpaired) electrons. The Balaban J connectivity index is 2.27. The van der Waals surface area contributed by atoms with E-state index in [4.69, 9.17) is 0 Å². The lowest BCUT2D eigenvalue weighted by Crippen LogP contribution is -2.44. The largest absolute Gasteiger partial charge is 0.356 e. The average Bonchev–Trinajstić information content (AvgIpc) is 2.64. The van der Waals surface area contributed by atoms with Gasteiger partial charge in [-0.15, -0.1) is 0 Å². The molecule has 7 nitrogen and oxygen atoms in total. The van der Waals surface area contributed by atoms with E-state index in [-0.39, 0.29) is 18.5 Å². The number of amides is 3. The van der Waals surface area contributed by atoms with Crippen molar-refractivity contribution in [1.82, 2.24) is 20.9 Å². The van der Waals surface area contributed by atoms with Crippen LogP contribution in [0.2, 0.25) is 0 Å². The van der Waals surface area contributed by atoms with Crippen LogP contribution < -0.4 is 16.0 Å². The molecule has 3 N–H and O–H groups in total. The summed E-state index contributed by atoms with van der Waals surface area (Å²) in [5, 5.41) is 8.68. The molecule has 0 bridgehead atoms. The number of guanidine groups is 1. The number of nitrogens with one attached hydrogen (secondary N) is 3. The normalized spacial score (nSPS) is 16.2. The lowest BCUT2D eigenvalue weighted by Gasteiger charge is -2.16. The van der Waals surface area contributed by atoms with Crippen LogP contribution in [0.1, 0.15) is 13.8 Å². The molecule has 0 unspecified atom stereocenters. The van der Waals surface area contributed by atoms with Crippen LogP contribution in [0.15, 0.2) is 4.99 Å². The van der Waals surface area contributed by atoms with E-state index in [1.807, 2.05) is 0 Å². The van der Waals surface area contributed by atoms with E-state index in [0.29, 0.717) is 25.0 Å². The third-order valence-corrected chi connectivity index (χ3v) is 2.47. The smallest absolute Gasteiger partial charge is 0.324 e. The third kappa shape index (κ3) is 4.23. The van der Waals surface area contributed by atoms with Gasteiger partial charge in [0.15, 0.2) is 5.96 Å². The van der Waals surface area contributed by atoms with Gasteiger partial charge in [-0.05, 0) is 5.92 Å². The molecule has 1 fully saturated rings. The SMILES string of the molecule is CN=C(NCCN1C(=O)CNC1=O)NCC(C)C. The molecule has 1 saturated heterocycles. The van der Waals surface area contributed by atoms with Gasteiger partial charge in [0.2, 0.25) is 5.91 Å². The molecule has 1 heterocycles. The van der Waals surface area contributed by atoms with Gasteiger partial charge in [-0.2, -0.15) is 0 Å². The number of aliphatic imine (C=N–C) groups is 1. The first kappa shape index (κ1) is 14.3. The minimum atomic E-state index is -0.327. The van der Waals surface area contributed by atoms with Crippen LogP contribution in [0.3, 0.4) is 0 Å². The van der Waals surface area contributed by atoms with Crippen LogP contribution in [0, 0.1) is 5.92 Å². The predicted octanol–water partition coefficient (Wildman–Crippen LogP) is -0.641. The summed E-state index contributed by atoms with van der Waals surface area (Å²) in [7, 11) is 1.68. The second-order valence-electron chi connectivity index (χ2n) is 4.48. The van der Waals surface area contributed by atoms with Crippen LogP contribution >= 0.6 is 0 Å². The molecule has 0 aromatic rings. The zero-order chi connectivity index (χ0) is 13.5. The summed E-state index contributed by atoms with van der Waals surface area (Å²) >= 11 is 0. The first-order valence-electron chi connectivity index (χ1n) is 6.07. The van der Waals surface area contributed by atoms with Crippen molar-refractivity contribution >= 4 is 17.9 Å². The molecular weight excluding hydrogens is 234 g/mol. The lowest BCUT2D eigenvalue weighted by atomic mass is 10.2. The molecule has 3 amide bonds. The van der Waals surface area contributed by atoms with E-state index >= 15 is 0 Å². The van der Waals surface area contributed by atoms with Gasteiger partial charge in [0.25, 0.3) is 0 Å². The first-order chi connectivity index (χ1) is 8.54. The summed E-state index contributed by atoms with van der Waals surface area (Å²) in [5.41, 5.74) is 0. The highest BCUT2D eigenvalue weighted by atomic mass is 16.2. The molecule has 0 saturated carbocycles. The molecule has 0 aliphatic carbocycles. The Kier molecular flexibility index (Phi) is 5.41. The summed E-state index contributed by atoms with van der Waals surface area (Å²) in [6.45, 7) is 5.95. The fourth-order valence-electron chi connectivity index (χ4n) is 1.49. The highest BCUT2D eigenvalue weighted by molar-refractivity contribution is 6.01. The van der Waals surface area contributed by atoms with Crippen molar-refractivity contribution in [1.29, 1.82) is 0 Å². The van der Waals surface area contributed by atoms with E-state index in [1.54, 1.807) is 7.05 Å². The van der Waals surface area contributed by atoms with Crippen LogP contribution in [0.25, 0.3) is 0 Å². The van der Waals surface area contributed by atoms with Crippen molar-refractivity contribution in [3.63, 3.8) is 0 Å². The van der Waals surface area contributed by atoms with Gasteiger partial charge in [-0.25, -0.2) is 4.79 Å². The van der Waals surface area contributed by atoms with Crippen molar-refractivity contribution in [2.75, 3.05) is 33.2 Å². The number of urea groups is 1. The second-order valence-corrected chi connectivity index (χ2v) is 4.48. The molecular formula is C11H21N5O2. The molecule has 0 aromatic carbocycles. The average molecular weight is 255 g/mol. The molecule has 1 aliphatic rings. The maximum absolute atomic E-state index is 11.3. The summed E-state index contributed by atoms with van der Waals surface area (Å²) in [5.74, 6) is 1.01. The lowest BCUT2D eigenvalue weighted by molar-refractivity contribution is -0.124. The number of carbonyl (C=O) groups is 2. The van der Waals surface area contributed by atoms with E-state index in [9.17, 15) is 9.59 Å². The minimum absolute atomic E-state index is 0.0964. The molecule has 0 spiro atoms. The monoisotopic (exact) mass is 255 g/mol. The topological polar surface area (TPSA) is 85.8 Å². The van der Waals surface area contributed by atoms with Crippen molar-refractivity contribution < 1.29 is 9.59 Å². The maximum atomic E-state index is 11.3. The van der Waals surface area contributed by atoms with E-state index < -0.39 is 0 Å². The van der Waals surface area contributed by atoms with Gasteiger partial charge in [-0.1, -0.05) is 13.8 Å². The van der Waals surface area contributed by atoms with Gasteiger partial charge >= 0.3 is 6.03 Å². The Morgan fingerprint density at radius 3 is 2.67 bits per heavy atom. The van der Waals surface area contributed by atoms with Gasteiger partial charge < -0.3 is 16.0 Å².